The fraction of sp³-hybridized carbons (Fsp3) is 0.471. The van der Waals surface area contributed by atoms with Gasteiger partial charge in [0.1, 0.15) is 6.04 Å². The van der Waals surface area contributed by atoms with Crippen LogP contribution < -0.4 is 15.4 Å². The van der Waals surface area contributed by atoms with Crippen molar-refractivity contribution in [2.75, 3.05) is 17.5 Å². The number of hydrogen-bond donors (Lipinski definition) is 4. The van der Waals surface area contributed by atoms with Gasteiger partial charge >= 0.3 is 5.97 Å². The number of rotatable bonds is 9. The van der Waals surface area contributed by atoms with E-state index in [9.17, 15) is 22.8 Å². The van der Waals surface area contributed by atoms with Crippen molar-refractivity contribution in [1.29, 1.82) is 0 Å². The van der Waals surface area contributed by atoms with E-state index in [1.807, 2.05) is 13.8 Å². The molecule has 1 aromatic carbocycles. The van der Waals surface area contributed by atoms with Crippen LogP contribution in [0.1, 0.15) is 36.2 Å². The second kappa shape index (κ2) is 9.36. The van der Waals surface area contributed by atoms with Gasteiger partial charge in [-0.25, -0.2) is 13.2 Å². The van der Waals surface area contributed by atoms with Gasteiger partial charge in [0.05, 0.1) is 18.5 Å². The van der Waals surface area contributed by atoms with Crippen LogP contribution in [0.4, 0.5) is 5.69 Å². The second-order valence-electron chi connectivity index (χ2n) is 6.67. The Morgan fingerprint density at radius 3 is 2.33 bits per heavy atom. The van der Waals surface area contributed by atoms with Crippen LogP contribution in [0.25, 0.3) is 0 Å². The van der Waals surface area contributed by atoms with E-state index < -0.39 is 40.4 Å². The topological polar surface area (TPSA) is 142 Å². The van der Waals surface area contributed by atoms with Gasteiger partial charge in [-0.3, -0.25) is 14.3 Å². The number of carbonyl (C=O) groups excluding carboxylic acids is 2. The Balaban J connectivity index is 2.72. The number of carbonyl (C=O) groups is 3. The van der Waals surface area contributed by atoms with E-state index in [-0.39, 0.29) is 23.6 Å². The average molecular weight is 399 g/mol. The molecule has 0 unspecified atom stereocenters. The van der Waals surface area contributed by atoms with E-state index in [1.165, 1.54) is 12.1 Å². The summed E-state index contributed by atoms with van der Waals surface area (Å²) in [5.74, 6) is -2.27. The molecule has 2 amide bonds. The number of benzene rings is 1. The maximum atomic E-state index is 12.2. The van der Waals surface area contributed by atoms with Crippen molar-refractivity contribution in [3.05, 3.63) is 29.3 Å². The minimum absolute atomic E-state index is 0.0781. The monoisotopic (exact) mass is 399 g/mol. The molecule has 1 atom stereocenters. The number of anilines is 1. The van der Waals surface area contributed by atoms with Crippen LogP contribution in [-0.4, -0.2) is 50.2 Å². The molecule has 0 spiro atoms. The lowest BCUT2D eigenvalue weighted by molar-refractivity contribution is -0.142. The number of nitrogens with one attached hydrogen (secondary N) is 3. The van der Waals surface area contributed by atoms with Crippen molar-refractivity contribution in [2.24, 2.45) is 5.92 Å². The van der Waals surface area contributed by atoms with Crippen LogP contribution in [0, 0.1) is 12.8 Å². The van der Waals surface area contributed by atoms with Gasteiger partial charge in [-0.2, -0.15) is 0 Å². The smallest absolute Gasteiger partial charge is 0.326 e. The molecule has 1 rings (SSSR count). The summed E-state index contributed by atoms with van der Waals surface area (Å²) in [5.41, 5.74) is 1.06. The molecule has 4 N–H and O–H groups in total. The molecule has 0 aliphatic carbocycles. The van der Waals surface area contributed by atoms with E-state index in [1.54, 1.807) is 13.0 Å². The minimum atomic E-state index is -3.50. The molecule has 150 valence electrons. The van der Waals surface area contributed by atoms with Crippen LogP contribution in [0.5, 0.6) is 0 Å². The molecule has 10 heteroatoms. The normalized spacial score (nSPS) is 12.3. The summed E-state index contributed by atoms with van der Waals surface area (Å²) in [6, 6.07) is 3.41. The quantitative estimate of drug-likeness (QED) is 0.482. The van der Waals surface area contributed by atoms with Gasteiger partial charge in [0.15, 0.2) is 0 Å². The number of aliphatic carboxylic acids is 1. The number of aryl methyl sites for hydroxylation is 1. The van der Waals surface area contributed by atoms with Crippen molar-refractivity contribution in [3.63, 3.8) is 0 Å². The van der Waals surface area contributed by atoms with Crippen LogP contribution >= 0.6 is 0 Å². The third kappa shape index (κ3) is 8.07. The van der Waals surface area contributed by atoms with E-state index in [0.717, 1.165) is 6.26 Å². The first-order valence-electron chi connectivity index (χ1n) is 8.28. The first-order valence-corrected chi connectivity index (χ1v) is 10.2. The number of hydrogen-bond acceptors (Lipinski definition) is 5. The highest BCUT2D eigenvalue weighted by molar-refractivity contribution is 7.92. The molecule has 0 saturated carbocycles. The highest BCUT2D eigenvalue weighted by Crippen LogP contribution is 2.18. The van der Waals surface area contributed by atoms with E-state index in [0.29, 0.717) is 5.56 Å². The SMILES string of the molecule is Cc1ccc(C(=O)NCC(=O)N[C@@H](CC(C)C)C(=O)O)cc1NS(C)(=O)=O. The van der Waals surface area contributed by atoms with Gasteiger partial charge < -0.3 is 15.7 Å². The highest BCUT2D eigenvalue weighted by Gasteiger charge is 2.21. The number of amides is 2. The Bertz CT molecular complexity index is 820. The molecule has 0 heterocycles. The molecule has 0 aliphatic rings. The van der Waals surface area contributed by atoms with Crippen molar-refractivity contribution in [1.82, 2.24) is 10.6 Å². The Morgan fingerprint density at radius 1 is 1.19 bits per heavy atom. The summed E-state index contributed by atoms with van der Waals surface area (Å²) in [6.45, 7) is 4.96. The molecule has 0 saturated heterocycles. The van der Waals surface area contributed by atoms with Gasteiger partial charge in [0.25, 0.3) is 5.91 Å². The lowest BCUT2D eigenvalue weighted by atomic mass is 10.0. The zero-order valence-corrected chi connectivity index (χ0v) is 16.5. The van der Waals surface area contributed by atoms with Crippen LogP contribution in [0.3, 0.4) is 0 Å². The number of carboxylic acid groups (broad SMARTS) is 1. The zero-order valence-electron chi connectivity index (χ0n) is 15.7. The zero-order chi connectivity index (χ0) is 20.8. The van der Waals surface area contributed by atoms with Crippen molar-refractivity contribution < 1.29 is 27.9 Å². The predicted octanol–water partition coefficient (Wildman–Crippen LogP) is 0.712. The van der Waals surface area contributed by atoms with Gasteiger partial charge in [-0.15, -0.1) is 0 Å². The molecule has 27 heavy (non-hydrogen) atoms. The summed E-state index contributed by atoms with van der Waals surface area (Å²) in [5, 5.41) is 13.9. The first kappa shape index (κ1) is 22.4. The minimum Gasteiger partial charge on any atom is -0.480 e. The summed E-state index contributed by atoms with van der Waals surface area (Å²) < 4.78 is 25.1. The number of carboxylic acids is 1. The average Bonchev–Trinajstić information content (AvgIpc) is 2.52. The number of sulfonamides is 1. The molecule has 0 radical (unpaired) electrons. The molecule has 1 aromatic rings. The largest absolute Gasteiger partial charge is 0.480 e. The molecular formula is C17H25N3O6S. The van der Waals surface area contributed by atoms with E-state index >= 15 is 0 Å². The summed E-state index contributed by atoms with van der Waals surface area (Å²) in [7, 11) is -3.50. The van der Waals surface area contributed by atoms with Crippen LogP contribution in [-0.2, 0) is 19.6 Å². The fourth-order valence-corrected chi connectivity index (χ4v) is 2.89. The fourth-order valence-electron chi connectivity index (χ4n) is 2.27. The standard InChI is InChI=1S/C17H25N3O6S/c1-10(2)7-14(17(23)24)19-15(21)9-18-16(22)12-6-5-11(3)13(8-12)20-27(4,25)26/h5-6,8,10,14,20H,7,9H2,1-4H3,(H,18,22)(H,19,21)(H,23,24)/t14-/m0/s1. The molecule has 9 nitrogen and oxygen atoms in total. The first-order chi connectivity index (χ1) is 12.4. The van der Waals surface area contributed by atoms with Crippen molar-refractivity contribution in [3.8, 4) is 0 Å². The van der Waals surface area contributed by atoms with Gasteiger partial charge in [-0.05, 0) is 37.0 Å². The second-order valence-corrected chi connectivity index (χ2v) is 8.42. The molecule has 0 fully saturated rings. The molecule has 0 bridgehead atoms. The highest BCUT2D eigenvalue weighted by atomic mass is 32.2. The lowest BCUT2D eigenvalue weighted by Crippen LogP contribution is -2.46. The van der Waals surface area contributed by atoms with Crippen molar-refractivity contribution in [2.45, 2.75) is 33.2 Å². The van der Waals surface area contributed by atoms with Crippen LogP contribution in [0.2, 0.25) is 0 Å². The predicted molar refractivity (Wildman–Crippen MR) is 101 cm³/mol. The lowest BCUT2D eigenvalue weighted by Gasteiger charge is -2.16. The van der Waals surface area contributed by atoms with E-state index in [2.05, 4.69) is 15.4 Å². The Morgan fingerprint density at radius 2 is 1.81 bits per heavy atom. The van der Waals surface area contributed by atoms with Gasteiger partial charge in [0, 0.05) is 5.56 Å². The van der Waals surface area contributed by atoms with E-state index in [4.69, 9.17) is 5.11 Å². The Labute approximate surface area is 158 Å². The Kier molecular flexibility index (Phi) is 7.77. The molecule has 0 aliphatic heterocycles. The summed E-state index contributed by atoms with van der Waals surface area (Å²) >= 11 is 0. The maximum Gasteiger partial charge on any atom is 0.326 e. The molecular weight excluding hydrogens is 374 g/mol. The van der Waals surface area contributed by atoms with Gasteiger partial charge in [-0.1, -0.05) is 19.9 Å². The van der Waals surface area contributed by atoms with Gasteiger partial charge in [0.2, 0.25) is 15.9 Å². The van der Waals surface area contributed by atoms with Crippen LogP contribution in [0.15, 0.2) is 18.2 Å². The summed E-state index contributed by atoms with van der Waals surface area (Å²) in [4.78, 5) is 35.2. The summed E-state index contributed by atoms with van der Waals surface area (Å²) in [6.07, 6.45) is 1.27. The molecule has 0 aromatic heterocycles. The third-order valence-corrected chi connectivity index (χ3v) is 4.14. The third-order valence-electron chi connectivity index (χ3n) is 3.55. The maximum absolute atomic E-state index is 12.2. The van der Waals surface area contributed by atoms with Crippen molar-refractivity contribution >= 4 is 33.5 Å². The Hall–Kier alpha value is -2.62.